The Morgan fingerprint density at radius 1 is 1.62 bits per heavy atom. The lowest BCUT2D eigenvalue weighted by Gasteiger charge is -2.26. The maximum atomic E-state index is 13.4. The second-order valence-electron chi connectivity index (χ2n) is 5.34. The van der Waals surface area contributed by atoms with E-state index in [0.717, 1.165) is 23.7 Å². The second-order valence-corrected chi connectivity index (χ2v) is 6.29. The van der Waals surface area contributed by atoms with Crippen LogP contribution in [0.25, 0.3) is 11.0 Å². The second kappa shape index (κ2) is 5.31. The Labute approximate surface area is 125 Å². The molecule has 7 heteroatoms. The van der Waals surface area contributed by atoms with Crippen molar-refractivity contribution in [1.29, 1.82) is 0 Å². The monoisotopic (exact) mass is 310 g/mol. The van der Waals surface area contributed by atoms with Gasteiger partial charge in [0.25, 0.3) is 0 Å². The first-order valence-electron chi connectivity index (χ1n) is 6.60. The van der Waals surface area contributed by atoms with Crippen LogP contribution in [0, 0.1) is 5.82 Å². The number of ether oxygens (including phenoxy) is 1. The van der Waals surface area contributed by atoms with Crippen LogP contribution in [0.3, 0.4) is 0 Å². The maximum absolute atomic E-state index is 13.4. The number of aromatic nitrogens is 2. The zero-order valence-corrected chi connectivity index (χ0v) is 12.3. The molecule has 0 bridgehead atoms. The van der Waals surface area contributed by atoms with Crippen LogP contribution in [-0.2, 0) is 15.1 Å². The highest BCUT2D eigenvalue weighted by molar-refractivity contribution is 7.99. The minimum Gasteiger partial charge on any atom is -0.481 e. The third kappa shape index (κ3) is 2.63. The van der Waals surface area contributed by atoms with Gasteiger partial charge >= 0.3 is 5.97 Å². The Morgan fingerprint density at radius 2 is 2.43 bits per heavy atom. The topological polar surface area (TPSA) is 64.4 Å². The Balaban J connectivity index is 2.13. The molecule has 0 spiro atoms. The van der Waals surface area contributed by atoms with E-state index in [-0.39, 0.29) is 17.1 Å². The van der Waals surface area contributed by atoms with E-state index in [1.807, 2.05) is 4.57 Å². The molecule has 21 heavy (non-hydrogen) atoms. The van der Waals surface area contributed by atoms with Crippen LogP contribution >= 0.6 is 11.8 Å². The van der Waals surface area contributed by atoms with E-state index < -0.39 is 5.97 Å². The summed E-state index contributed by atoms with van der Waals surface area (Å²) in [4.78, 5) is 15.2. The zero-order chi connectivity index (χ0) is 15.0. The maximum Gasteiger partial charge on any atom is 0.313 e. The molecule has 2 heterocycles. The molecule has 5 nitrogen and oxygen atoms in total. The number of carboxylic acids is 1. The molecule has 0 saturated carbocycles. The van der Waals surface area contributed by atoms with Gasteiger partial charge in [0, 0.05) is 12.7 Å². The van der Waals surface area contributed by atoms with Crippen molar-refractivity contribution in [3.8, 4) is 0 Å². The van der Waals surface area contributed by atoms with Gasteiger partial charge in [-0.05, 0) is 25.5 Å². The highest BCUT2D eigenvalue weighted by Gasteiger charge is 2.35. The third-order valence-corrected chi connectivity index (χ3v) is 4.57. The highest BCUT2D eigenvalue weighted by Crippen LogP contribution is 2.36. The first kappa shape index (κ1) is 14.3. The predicted molar refractivity (Wildman–Crippen MR) is 77.1 cm³/mol. The van der Waals surface area contributed by atoms with E-state index in [4.69, 9.17) is 9.84 Å². The summed E-state index contributed by atoms with van der Waals surface area (Å²) in [5.41, 5.74) is 1.06. The summed E-state index contributed by atoms with van der Waals surface area (Å²) < 4.78 is 20.9. The minimum atomic E-state index is -0.905. The van der Waals surface area contributed by atoms with E-state index in [0.29, 0.717) is 23.9 Å². The lowest BCUT2D eigenvalue weighted by atomic mass is 10.0. The number of fused-ring (bicyclic) bond motifs is 1. The molecule has 1 N–H and O–H groups in total. The van der Waals surface area contributed by atoms with Crippen LogP contribution in [0.5, 0.6) is 0 Å². The third-order valence-electron chi connectivity index (χ3n) is 3.65. The number of benzene rings is 1. The van der Waals surface area contributed by atoms with Gasteiger partial charge in [-0.2, -0.15) is 0 Å². The summed E-state index contributed by atoms with van der Waals surface area (Å²) in [6.07, 6.45) is 0.816. The average Bonchev–Trinajstić information content (AvgIpc) is 3.00. The molecule has 0 aliphatic carbocycles. The van der Waals surface area contributed by atoms with Crippen molar-refractivity contribution >= 4 is 28.8 Å². The summed E-state index contributed by atoms with van der Waals surface area (Å²) >= 11 is 1.15. The molecule has 112 valence electrons. The van der Waals surface area contributed by atoms with E-state index in [1.165, 1.54) is 12.1 Å². The number of carbonyl (C=O) groups is 1. The SMILES string of the molecule is CC1(n2c(SCC(=O)O)nc3cc(F)ccc32)CCOC1. The number of hydrogen-bond acceptors (Lipinski definition) is 4. The van der Waals surface area contributed by atoms with Crippen LogP contribution in [0.15, 0.2) is 23.4 Å². The molecule has 0 radical (unpaired) electrons. The van der Waals surface area contributed by atoms with Crippen molar-refractivity contribution in [2.24, 2.45) is 0 Å². The van der Waals surface area contributed by atoms with Gasteiger partial charge in [-0.1, -0.05) is 11.8 Å². The van der Waals surface area contributed by atoms with E-state index in [9.17, 15) is 9.18 Å². The minimum absolute atomic E-state index is 0.0806. The average molecular weight is 310 g/mol. The van der Waals surface area contributed by atoms with Gasteiger partial charge in [0.15, 0.2) is 5.16 Å². The molecule has 3 rings (SSSR count). The number of rotatable bonds is 4. The fraction of sp³-hybridized carbons (Fsp3) is 0.429. The van der Waals surface area contributed by atoms with Gasteiger partial charge in [-0.25, -0.2) is 9.37 Å². The smallest absolute Gasteiger partial charge is 0.313 e. The van der Waals surface area contributed by atoms with E-state index in [2.05, 4.69) is 11.9 Å². The number of halogens is 1. The molecule has 0 amide bonds. The van der Waals surface area contributed by atoms with Crippen LogP contribution < -0.4 is 0 Å². The number of nitrogens with zero attached hydrogens (tertiary/aromatic N) is 2. The Kier molecular flexibility index (Phi) is 3.62. The van der Waals surface area contributed by atoms with Crippen molar-refractivity contribution < 1.29 is 19.0 Å². The molecule has 1 aliphatic heterocycles. The van der Waals surface area contributed by atoms with Crippen molar-refractivity contribution in [3.63, 3.8) is 0 Å². The zero-order valence-electron chi connectivity index (χ0n) is 11.5. The van der Waals surface area contributed by atoms with Crippen molar-refractivity contribution in [2.45, 2.75) is 24.0 Å². The first-order chi connectivity index (χ1) is 9.99. The fourth-order valence-corrected chi connectivity index (χ4v) is 3.47. The molecule has 1 aliphatic rings. The lowest BCUT2D eigenvalue weighted by Crippen LogP contribution is -2.31. The largest absolute Gasteiger partial charge is 0.481 e. The number of thioether (sulfide) groups is 1. The first-order valence-corrected chi connectivity index (χ1v) is 7.59. The molecular weight excluding hydrogens is 295 g/mol. The summed E-state index contributed by atoms with van der Waals surface area (Å²) in [7, 11) is 0. The van der Waals surface area contributed by atoms with Gasteiger partial charge in [-0.3, -0.25) is 4.79 Å². The molecule has 1 aromatic carbocycles. The van der Waals surface area contributed by atoms with Crippen LogP contribution in [0.1, 0.15) is 13.3 Å². The number of hydrogen-bond donors (Lipinski definition) is 1. The summed E-state index contributed by atoms with van der Waals surface area (Å²) in [5, 5.41) is 9.46. The molecule has 1 atom stereocenters. The van der Waals surface area contributed by atoms with Gasteiger partial charge < -0.3 is 14.4 Å². The number of aliphatic carboxylic acids is 1. The quantitative estimate of drug-likeness (QED) is 0.879. The van der Waals surface area contributed by atoms with Gasteiger partial charge in [0.2, 0.25) is 0 Å². The summed E-state index contributed by atoms with van der Waals surface area (Å²) in [5.74, 6) is -1.34. The number of imidazole rings is 1. The molecule has 2 aromatic rings. The summed E-state index contributed by atoms with van der Waals surface area (Å²) in [6.45, 7) is 3.24. The van der Waals surface area contributed by atoms with Crippen molar-refractivity contribution in [1.82, 2.24) is 9.55 Å². The van der Waals surface area contributed by atoms with Crippen LogP contribution in [0.2, 0.25) is 0 Å². The van der Waals surface area contributed by atoms with Gasteiger partial charge in [-0.15, -0.1) is 0 Å². The molecule has 1 unspecified atom stereocenters. The van der Waals surface area contributed by atoms with Crippen molar-refractivity contribution in [2.75, 3.05) is 19.0 Å². The van der Waals surface area contributed by atoms with Gasteiger partial charge in [0.1, 0.15) is 5.82 Å². The Hall–Kier alpha value is -1.60. The molecule has 1 fully saturated rings. The van der Waals surface area contributed by atoms with E-state index in [1.54, 1.807) is 6.07 Å². The lowest BCUT2D eigenvalue weighted by molar-refractivity contribution is -0.133. The standard InChI is InChI=1S/C14H15FN2O3S/c1-14(4-5-20-8-14)17-11-3-2-9(15)6-10(11)16-13(17)21-7-12(18)19/h2-3,6H,4-5,7-8H2,1H3,(H,18,19). The number of carboxylic acid groups (broad SMARTS) is 1. The fourth-order valence-electron chi connectivity index (χ4n) is 2.61. The Morgan fingerprint density at radius 3 is 3.10 bits per heavy atom. The van der Waals surface area contributed by atoms with E-state index >= 15 is 0 Å². The normalized spacial score (nSPS) is 22.0. The molecular formula is C14H15FN2O3S. The van der Waals surface area contributed by atoms with Crippen molar-refractivity contribution in [3.05, 3.63) is 24.0 Å². The Bertz CT molecular complexity index is 695. The van der Waals surface area contributed by atoms with Crippen LogP contribution in [0.4, 0.5) is 4.39 Å². The molecule has 1 aromatic heterocycles. The van der Waals surface area contributed by atoms with Gasteiger partial charge in [0.05, 0.1) is 28.9 Å². The molecule has 1 saturated heterocycles. The van der Waals surface area contributed by atoms with Crippen LogP contribution in [-0.4, -0.2) is 39.6 Å². The predicted octanol–water partition coefficient (Wildman–Crippen LogP) is 2.49. The highest BCUT2D eigenvalue weighted by atomic mass is 32.2. The summed E-state index contributed by atoms with van der Waals surface area (Å²) in [6, 6.07) is 4.45.